The number of benzene rings is 2. The minimum absolute atomic E-state index is 0.112. The Hall–Kier alpha value is -2.92. The lowest BCUT2D eigenvalue weighted by atomic mass is 9.95. The highest BCUT2D eigenvalue weighted by atomic mass is 16.5. The van der Waals surface area contributed by atoms with Gasteiger partial charge in [0.15, 0.2) is 0 Å². The molecule has 5 rings (SSSR count). The van der Waals surface area contributed by atoms with Crippen LogP contribution in [0.4, 0.5) is 0 Å². The van der Waals surface area contributed by atoms with Crippen molar-refractivity contribution in [3.63, 3.8) is 0 Å². The van der Waals surface area contributed by atoms with E-state index in [1.165, 1.54) is 11.1 Å². The Balaban J connectivity index is 1.24. The quantitative estimate of drug-likeness (QED) is 0.584. The van der Waals surface area contributed by atoms with Crippen LogP contribution in [0.3, 0.4) is 0 Å². The molecular formula is C27H30N2O3. The normalized spacial score (nSPS) is 23.4. The minimum atomic E-state index is -0.235. The predicted molar refractivity (Wildman–Crippen MR) is 126 cm³/mol. The van der Waals surface area contributed by atoms with Gasteiger partial charge in [0, 0.05) is 43.6 Å². The zero-order valence-electron chi connectivity index (χ0n) is 18.8. The first-order valence-corrected chi connectivity index (χ1v) is 11.6. The summed E-state index contributed by atoms with van der Waals surface area (Å²) in [6, 6.07) is 16.7. The first-order valence-electron chi connectivity index (χ1n) is 11.6. The fourth-order valence-electron chi connectivity index (χ4n) is 4.91. The van der Waals surface area contributed by atoms with Gasteiger partial charge in [-0.05, 0) is 66.8 Å². The number of likely N-dealkylation sites (tertiary alicyclic amines) is 1. The summed E-state index contributed by atoms with van der Waals surface area (Å²) in [5.74, 6) is 1.31. The van der Waals surface area contributed by atoms with Gasteiger partial charge < -0.3 is 14.4 Å². The van der Waals surface area contributed by atoms with Crippen LogP contribution in [-0.4, -0.2) is 47.7 Å². The molecule has 2 saturated heterocycles. The molecule has 3 aromatic rings. The summed E-state index contributed by atoms with van der Waals surface area (Å²) in [6.45, 7) is 6.47. The highest BCUT2D eigenvalue weighted by Crippen LogP contribution is 2.30. The fraction of sp³-hybridized carbons (Fsp3) is 0.407. The number of carbonyl (C=O) groups is 1. The van der Waals surface area contributed by atoms with Crippen LogP contribution in [0, 0.1) is 12.8 Å². The van der Waals surface area contributed by atoms with Crippen molar-refractivity contribution in [1.29, 1.82) is 0 Å². The van der Waals surface area contributed by atoms with E-state index in [0.29, 0.717) is 6.61 Å². The van der Waals surface area contributed by atoms with Crippen LogP contribution in [0.25, 0.3) is 22.0 Å². The number of fused-ring (bicyclic) bond motifs is 1. The molecule has 2 unspecified atom stereocenters. The van der Waals surface area contributed by atoms with Crippen LogP contribution >= 0.6 is 0 Å². The standard InChI is InChI=1S/C27H30N2O3/c1-18-15-21-5-3-12-28-24(21)16-23(18)20-7-9-22(10-8-20)32-25-11-13-29(17-19(25)2)27(30)26-6-4-14-31-26/h3,5,7-10,12,15-16,19,25-26H,4,6,11,13-14,17H2,1-2H3/t19?,25?,26-/m1/s1. The zero-order valence-corrected chi connectivity index (χ0v) is 18.8. The van der Waals surface area contributed by atoms with Gasteiger partial charge in [0.1, 0.15) is 18.0 Å². The maximum Gasteiger partial charge on any atom is 0.251 e. The number of hydrogen-bond acceptors (Lipinski definition) is 4. The number of ether oxygens (including phenoxy) is 2. The van der Waals surface area contributed by atoms with Crippen molar-refractivity contribution in [2.24, 2.45) is 5.92 Å². The zero-order chi connectivity index (χ0) is 22.1. The molecule has 0 radical (unpaired) electrons. The molecule has 1 amide bonds. The van der Waals surface area contributed by atoms with Gasteiger partial charge in [0.25, 0.3) is 5.91 Å². The SMILES string of the molecule is Cc1cc2cccnc2cc1-c1ccc(OC2CCN(C(=O)[C@H]3CCCO3)CC2C)cc1. The minimum Gasteiger partial charge on any atom is -0.490 e. The molecular weight excluding hydrogens is 400 g/mol. The number of carbonyl (C=O) groups excluding carboxylic acids is 1. The Morgan fingerprint density at radius 1 is 1.16 bits per heavy atom. The van der Waals surface area contributed by atoms with E-state index < -0.39 is 0 Å². The molecule has 3 atom stereocenters. The number of aromatic nitrogens is 1. The van der Waals surface area contributed by atoms with E-state index in [4.69, 9.17) is 9.47 Å². The highest BCUT2D eigenvalue weighted by Gasteiger charge is 2.34. The van der Waals surface area contributed by atoms with Crippen molar-refractivity contribution in [3.8, 4) is 16.9 Å². The molecule has 0 aliphatic carbocycles. The third-order valence-corrected chi connectivity index (χ3v) is 6.75. The number of pyridine rings is 1. The summed E-state index contributed by atoms with van der Waals surface area (Å²) in [6.07, 6.45) is 4.39. The topological polar surface area (TPSA) is 51.7 Å². The Morgan fingerprint density at radius 2 is 2.00 bits per heavy atom. The van der Waals surface area contributed by atoms with Crippen molar-refractivity contribution in [1.82, 2.24) is 9.88 Å². The second-order valence-corrected chi connectivity index (χ2v) is 9.10. The fourth-order valence-corrected chi connectivity index (χ4v) is 4.91. The van der Waals surface area contributed by atoms with Crippen molar-refractivity contribution in [2.75, 3.05) is 19.7 Å². The average Bonchev–Trinajstić information content (AvgIpc) is 3.35. The molecule has 1 aromatic heterocycles. The summed E-state index contributed by atoms with van der Waals surface area (Å²) in [5.41, 5.74) is 4.59. The van der Waals surface area contributed by atoms with Crippen molar-refractivity contribution in [2.45, 2.75) is 45.3 Å². The van der Waals surface area contributed by atoms with Crippen LogP contribution < -0.4 is 4.74 Å². The number of rotatable bonds is 4. The van der Waals surface area contributed by atoms with E-state index in [9.17, 15) is 4.79 Å². The first kappa shape index (κ1) is 21.0. The van der Waals surface area contributed by atoms with Gasteiger partial charge in [0.2, 0.25) is 0 Å². The number of hydrogen-bond donors (Lipinski definition) is 0. The van der Waals surface area contributed by atoms with E-state index >= 15 is 0 Å². The third kappa shape index (κ3) is 4.22. The third-order valence-electron chi connectivity index (χ3n) is 6.75. The number of nitrogens with zero attached hydrogens (tertiary/aromatic N) is 2. The van der Waals surface area contributed by atoms with E-state index in [-0.39, 0.29) is 24.0 Å². The van der Waals surface area contributed by atoms with Crippen LogP contribution in [-0.2, 0) is 9.53 Å². The molecule has 0 spiro atoms. The Bertz CT molecular complexity index is 1110. The molecule has 2 aliphatic heterocycles. The Labute approximate surface area is 189 Å². The van der Waals surface area contributed by atoms with Gasteiger partial charge in [0.05, 0.1) is 5.52 Å². The molecule has 0 N–H and O–H groups in total. The van der Waals surface area contributed by atoms with Crippen LogP contribution in [0.2, 0.25) is 0 Å². The molecule has 2 aromatic carbocycles. The number of amides is 1. The summed E-state index contributed by atoms with van der Waals surface area (Å²) < 4.78 is 11.9. The van der Waals surface area contributed by atoms with Crippen LogP contribution in [0.1, 0.15) is 31.7 Å². The van der Waals surface area contributed by atoms with E-state index in [1.807, 2.05) is 29.3 Å². The lowest BCUT2D eigenvalue weighted by Crippen LogP contribution is -2.49. The second kappa shape index (κ2) is 8.91. The molecule has 2 aliphatic rings. The summed E-state index contributed by atoms with van der Waals surface area (Å²) in [4.78, 5) is 19.1. The van der Waals surface area contributed by atoms with Gasteiger partial charge >= 0.3 is 0 Å². The lowest BCUT2D eigenvalue weighted by Gasteiger charge is -2.37. The molecule has 3 heterocycles. The van der Waals surface area contributed by atoms with Crippen molar-refractivity contribution < 1.29 is 14.3 Å². The monoisotopic (exact) mass is 430 g/mol. The predicted octanol–water partition coefficient (Wildman–Crippen LogP) is 5.01. The maximum absolute atomic E-state index is 12.6. The van der Waals surface area contributed by atoms with Crippen molar-refractivity contribution in [3.05, 3.63) is 60.3 Å². The smallest absolute Gasteiger partial charge is 0.251 e. The van der Waals surface area contributed by atoms with Crippen LogP contribution in [0.5, 0.6) is 5.75 Å². The number of aryl methyl sites for hydroxylation is 1. The average molecular weight is 431 g/mol. The molecule has 2 fully saturated rings. The lowest BCUT2D eigenvalue weighted by molar-refractivity contribution is -0.144. The first-order chi connectivity index (χ1) is 15.6. The number of piperidine rings is 1. The molecule has 166 valence electrons. The van der Waals surface area contributed by atoms with Gasteiger partial charge in [-0.25, -0.2) is 0 Å². The molecule has 0 bridgehead atoms. The highest BCUT2D eigenvalue weighted by molar-refractivity contribution is 5.86. The molecule has 5 heteroatoms. The van der Waals surface area contributed by atoms with Gasteiger partial charge in [-0.1, -0.05) is 25.1 Å². The largest absolute Gasteiger partial charge is 0.490 e. The van der Waals surface area contributed by atoms with Crippen LogP contribution in [0.15, 0.2) is 54.7 Å². The summed E-state index contributed by atoms with van der Waals surface area (Å²) >= 11 is 0. The Kier molecular flexibility index (Phi) is 5.83. The summed E-state index contributed by atoms with van der Waals surface area (Å²) in [5, 5.41) is 1.16. The van der Waals surface area contributed by atoms with Gasteiger partial charge in [-0.15, -0.1) is 0 Å². The maximum atomic E-state index is 12.6. The van der Waals surface area contributed by atoms with Gasteiger partial charge in [-0.2, -0.15) is 0 Å². The molecule has 0 saturated carbocycles. The van der Waals surface area contributed by atoms with E-state index in [1.54, 1.807) is 0 Å². The van der Waals surface area contributed by atoms with Crippen molar-refractivity contribution >= 4 is 16.8 Å². The molecule has 32 heavy (non-hydrogen) atoms. The Morgan fingerprint density at radius 3 is 2.75 bits per heavy atom. The van der Waals surface area contributed by atoms with E-state index in [0.717, 1.165) is 54.6 Å². The second-order valence-electron chi connectivity index (χ2n) is 9.10. The van der Waals surface area contributed by atoms with E-state index in [2.05, 4.69) is 49.2 Å². The summed E-state index contributed by atoms with van der Waals surface area (Å²) in [7, 11) is 0. The molecule has 5 nitrogen and oxygen atoms in total. The van der Waals surface area contributed by atoms with Gasteiger partial charge in [-0.3, -0.25) is 9.78 Å².